The van der Waals surface area contributed by atoms with E-state index in [0.717, 1.165) is 6.42 Å². The molecule has 12 heavy (non-hydrogen) atoms. The van der Waals surface area contributed by atoms with Crippen LogP contribution in [0.1, 0.15) is 13.3 Å². The van der Waals surface area contributed by atoms with Crippen molar-refractivity contribution in [2.75, 3.05) is 20.2 Å². The molecule has 0 N–H and O–H groups in total. The molecule has 0 aromatic carbocycles. The summed E-state index contributed by atoms with van der Waals surface area (Å²) in [6, 6.07) is 0. The van der Waals surface area contributed by atoms with Gasteiger partial charge in [-0.05, 0) is 6.42 Å². The van der Waals surface area contributed by atoms with Gasteiger partial charge in [-0.3, -0.25) is 9.59 Å². The van der Waals surface area contributed by atoms with Crippen molar-refractivity contribution >= 4 is 11.9 Å². The van der Waals surface area contributed by atoms with Crippen LogP contribution in [-0.2, 0) is 14.3 Å². The highest BCUT2D eigenvalue weighted by atomic mass is 16.5. The molecular formula is C8H13NO3. The molecule has 1 amide bonds. The van der Waals surface area contributed by atoms with Crippen molar-refractivity contribution in [1.29, 1.82) is 0 Å². The van der Waals surface area contributed by atoms with Crippen molar-refractivity contribution in [3.8, 4) is 0 Å². The van der Waals surface area contributed by atoms with E-state index in [-0.39, 0.29) is 17.8 Å². The van der Waals surface area contributed by atoms with Crippen LogP contribution in [0, 0.1) is 5.92 Å². The van der Waals surface area contributed by atoms with E-state index in [1.165, 1.54) is 14.0 Å². The maximum atomic E-state index is 11.0. The number of carbonyl (C=O) groups is 2. The fourth-order valence-electron chi connectivity index (χ4n) is 1.41. The average molecular weight is 171 g/mol. The van der Waals surface area contributed by atoms with Gasteiger partial charge in [-0.1, -0.05) is 0 Å². The summed E-state index contributed by atoms with van der Waals surface area (Å²) in [7, 11) is 1.37. The minimum absolute atomic E-state index is 0.0291. The number of rotatable bonds is 1. The van der Waals surface area contributed by atoms with Crippen LogP contribution in [0.2, 0.25) is 0 Å². The zero-order valence-electron chi connectivity index (χ0n) is 7.37. The van der Waals surface area contributed by atoms with Crippen molar-refractivity contribution in [2.24, 2.45) is 5.92 Å². The predicted molar refractivity (Wildman–Crippen MR) is 42.4 cm³/mol. The van der Waals surface area contributed by atoms with E-state index in [0.29, 0.717) is 13.1 Å². The molecule has 0 spiro atoms. The van der Waals surface area contributed by atoms with Gasteiger partial charge in [0.25, 0.3) is 0 Å². The number of amides is 1. The van der Waals surface area contributed by atoms with Crippen LogP contribution in [0.15, 0.2) is 0 Å². The van der Waals surface area contributed by atoms with E-state index in [1.807, 2.05) is 0 Å². The lowest BCUT2D eigenvalue weighted by Gasteiger charge is -2.12. The number of hydrogen-bond donors (Lipinski definition) is 0. The number of hydrogen-bond acceptors (Lipinski definition) is 3. The Morgan fingerprint density at radius 1 is 1.50 bits per heavy atom. The van der Waals surface area contributed by atoms with Crippen LogP contribution in [0.3, 0.4) is 0 Å². The average Bonchev–Trinajstić information content (AvgIpc) is 2.51. The summed E-state index contributed by atoms with van der Waals surface area (Å²) >= 11 is 0. The first kappa shape index (κ1) is 9.03. The molecule has 68 valence electrons. The number of nitrogens with zero attached hydrogens (tertiary/aromatic N) is 1. The second kappa shape index (κ2) is 3.56. The Labute approximate surface area is 71.5 Å². The Morgan fingerprint density at radius 3 is 2.58 bits per heavy atom. The van der Waals surface area contributed by atoms with Crippen LogP contribution in [0.25, 0.3) is 0 Å². The molecule has 4 nitrogen and oxygen atoms in total. The van der Waals surface area contributed by atoms with Gasteiger partial charge >= 0.3 is 5.97 Å². The topological polar surface area (TPSA) is 46.6 Å². The van der Waals surface area contributed by atoms with Crippen LogP contribution in [-0.4, -0.2) is 37.0 Å². The smallest absolute Gasteiger partial charge is 0.310 e. The summed E-state index contributed by atoms with van der Waals surface area (Å²) < 4.78 is 4.59. The van der Waals surface area contributed by atoms with Gasteiger partial charge in [0.2, 0.25) is 5.91 Å². The van der Waals surface area contributed by atoms with Crippen LogP contribution < -0.4 is 0 Å². The minimum atomic E-state index is -0.209. The molecular weight excluding hydrogens is 158 g/mol. The van der Waals surface area contributed by atoms with Crippen molar-refractivity contribution < 1.29 is 14.3 Å². The van der Waals surface area contributed by atoms with Gasteiger partial charge in [-0.25, -0.2) is 0 Å². The first-order chi connectivity index (χ1) is 5.65. The Balaban J connectivity index is 2.45. The second-order valence-electron chi connectivity index (χ2n) is 2.97. The lowest BCUT2D eigenvalue weighted by Crippen LogP contribution is -2.27. The number of likely N-dealkylation sites (tertiary alicyclic amines) is 1. The lowest BCUT2D eigenvalue weighted by molar-refractivity contribution is -0.145. The molecule has 1 saturated heterocycles. The standard InChI is InChI=1S/C8H13NO3/c1-6(10)9-4-3-7(5-9)8(11)12-2/h7H,3-5H2,1-2H3/t7-/m0/s1. The fourth-order valence-corrected chi connectivity index (χ4v) is 1.41. The Kier molecular flexibility index (Phi) is 2.68. The third-order valence-electron chi connectivity index (χ3n) is 2.17. The summed E-state index contributed by atoms with van der Waals surface area (Å²) in [5, 5.41) is 0. The second-order valence-corrected chi connectivity index (χ2v) is 2.97. The third-order valence-corrected chi connectivity index (χ3v) is 2.17. The van der Waals surface area contributed by atoms with Crippen LogP contribution in [0.4, 0.5) is 0 Å². The summed E-state index contributed by atoms with van der Waals surface area (Å²) in [4.78, 5) is 23.6. The zero-order chi connectivity index (χ0) is 9.14. The van der Waals surface area contributed by atoms with E-state index >= 15 is 0 Å². The fraction of sp³-hybridized carbons (Fsp3) is 0.750. The maximum Gasteiger partial charge on any atom is 0.310 e. The first-order valence-corrected chi connectivity index (χ1v) is 3.98. The first-order valence-electron chi connectivity index (χ1n) is 3.98. The molecule has 1 aliphatic rings. The normalized spacial score (nSPS) is 22.5. The van der Waals surface area contributed by atoms with Crippen LogP contribution >= 0.6 is 0 Å². The summed E-state index contributed by atoms with van der Waals surface area (Å²) in [5.74, 6) is -0.293. The maximum absolute atomic E-state index is 11.0. The van der Waals surface area contributed by atoms with E-state index in [1.54, 1.807) is 4.90 Å². The molecule has 4 heteroatoms. The van der Waals surface area contributed by atoms with E-state index in [4.69, 9.17) is 0 Å². The van der Waals surface area contributed by atoms with Gasteiger partial charge in [0.15, 0.2) is 0 Å². The lowest BCUT2D eigenvalue weighted by atomic mass is 10.1. The van der Waals surface area contributed by atoms with Gasteiger partial charge < -0.3 is 9.64 Å². The predicted octanol–water partition coefficient (Wildman–Crippen LogP) is 0.0278. The zero-order valence-corrected chi connectivity index (χ0v) is 7.37. The van der Waals surface area contributed by atoms with Gasteiger partial charge in [0.05, 0.1) is 13.0 Å². The summed E-state index contributed by atoms with van der Waals surface area (Å²) in [5.41, 5.74) is 0. The molecule has 1 aliphatic heterocycles. The number of carbonyl (C=O) groups excluding carboxylic acids is 2. The van der Waals surface area contributed by atoms with Crippen molar-refractivity contribution in [2.45, 2.75) is 13.3 Å². The molecule has 1 rings (SSSR count). The quantitative estimate of drug-likeness (QED) is 0.523. The Bertz CT molecular complexity index is 202. The summed E-state index contributed by atoms with van der Waals surface area (Å²) in [6.07, 6.45) is 0.728. The van der Waals surface area contributed by atoms with Gasteiger partial charge in [0.1, 0.15) is 0 Å². The molecule has 0 bridgehead atoms. The largest absolute Gasteiger partial charge is 0.469 e. The summed E-state index contributed by atoms with van der Waals surface area (Å²) in [6.45, 7) is 2.71. The molecule has 0 saturated carbocycles. The number of esters is 1. The molecule has 0 aromatic heterocycles. The molecule has 0 aromatic rings. The van der Waals surface area contributed by atoms with Crippen molar-refractivity contribution in [3.05, 3.63) is 0 Å². The molecule has 0 unspecified atom stereocenters. The SMILES string of the molecule is COC(=O)[C@H]1CCN(C(C)=O)C1. The van der Waals surface area contributed by atoms with E-state index in [2.05, 4.69) is 4.74 Å². The molecule has 1 atom stereocenters. The van der Waals surface area contributed by atoms with Crippen LogP contribution in [0.5, 0.6) is 0 Å². The monoisotopic (exact) mass is 171 g/mol. The highest BCUT2D eigenvalue weighted by Gasteiger charge is 2.29. The highest BCUT2D eigenvalue weighted by Crippen LogP contribution is 2.16. The molecule has 1 heterocycles. The van der Waals surface area contributed by atoms with Crippen molar-refractivity contribution in [3.63, 3.8) is 0 Å². The van der Waals surface area contributed by atoms with Gasteiger partial charge in [-0.15, -0.1) is 0 Å². The van der Waals surface area contributed by atoms with Crippen molar-refractivity contribution in [1.82, 2.24) is 4.90 Å². The molecule has 1 fully saturated rings. The van der Waals surface area contributed by atoms with Gasteiger partial charge in [-0.2, -0.15) is 0 Å². The van der Waals surface area contributed by atoms with E-state index in [9.17, 15) is 9.59 Å². The van der Waals surface area contributed by atoms with Gasteiger partial charge in [0, 0.05) is 20.0 Å². The molecule has 0 radical (unpaired) electrons. The number of ether oxygens (including phenoxy) is 1. The molecule has 0 aliphatic carbocycles. The highest BCUT2D eigenvalue weighted by molar-refractivity contribution is 5.77. The Morgan fingerprint density at radius 2 is 2.17 bits per heavy atom. The third kappa shape index (κ3) is 1.75. The minimum Gasteiger partial charge on any atom is -0.469 e. The van der Waals surface area contributed by atoms with E-state index < -0.39 is 0 Å². The Hall–Kier alpha value is -1.06. The number of methoxy groups -OCH3 is 1.